The molecule has 0 spiro atoms. The van der Waals surface area contributed by atoms with E-state index >= 15 is 0 Å². The molecule has 1 unspecified atom stereocenters. The lowest BCUT2D eigenvalue weighted by atomic mass is 10.0. The minimum absolute atomic E-state index is 0.184. The van der Waals surface area contributed by atoms with Crippen molar-refractivity contribution < 1.29 is 4.79 Å². The number of amides is 1. The number of aryl methyl sites for hydroxylation is 1. The third kappa shape index (κ3) is 3.93. The van der Waals surface area contributed by atoms with Gasteiger partial charge in [-0.2, -0.15) is 0 Å². The number of thioether (sulfide) groups is 1. The summed E-state index contributed by atoms with van der Waals surface area (Å²) in [6, 6.07) is 8.49. The summed E-state index contributed by atoms with van der Waals surface area (Å²) in [7, 11) is 0. The molecule has 1 aromatic carbocycles. The normalized spacial score (nSPS) is 18.2. The predicted molar refractivity (Wildman–Crippen MR) is 92.3 cm³/mol. The van der Waals surface area contributed by atoms with E-state index in [2.05, 4.69) is 29.0 Å². The first kappa shape index (κ1) is 16.1. The van der Waals surface area contributed by atoms with E-state index in [0.29, 0.717) is 17.0 Å². The van der Waals surface area contributed by atoms with Crippen LogP contribution in [-0.2, 0) is 4.79 Å². The highest BCUT2D eigenvalue weighted by Crippen LogP contribution is 2.22. The van der Waals surface area contributed by atoms with Crippen molar-refractivity contribution in [1.29, 1.82) is 0 Å². The zero-order chi connectivity index (χ0) is 16.2. The third-order valence-electron chi connectivity index (χ3n) is 4.24. The van der Waals surface area contributed by atoms with Crippen molar-refractivity contribution in [2.75, 3.05) is 12.3 Å². The highest BCUT2D eigenvalue weighted by Gasteiger charge is 2.23. The number of H-pyrrole nitrogens is 1. The molecule has 5 nitrogen and oxygen atoms in total. The van der Waals surface area contributed by atoms with E-state index in [1.165, 1.54) is 23.7 Å². The summed E-state index contributed by atoms with van der Waals surface area (Å²) in [5, 5.41) is 7.78. The Bertz CT molecular complexity index is 667. The molecule has 3 rings (SSSR count). The van der Waals surface area contributed by atoms with E-state index in [-0.39, 0.29) is 5.91 Å². The topological polar surface area (TPSA) is 61.9 Å². The van der Waals surface area contributed by atoms with Gasteiger partial charge in [0.15, 0.2) is 5.82 Å². The number of aromatic nitrogens is 3. The van der Waals surface area contributed by atoms with Gasteiger partial charge < -0.3 is 4.90 Å². The first-order valence-corrected chi connectivity index (χ1v) is 9.04. The molecule has 1 aromatic heterocycles. The summed E-state index contributed by atoms with van der Waals surface area (Å²) in [5.74, 6) is 1.32. The molecule has 0 bridgehead atoms. The smallest absolute Gasteiger partial charge is 0.233 e. The van der Waals surface area contributed by atoms with E-state index in [4.69, 9.17) is 0 Å². The lowest BCUT2D eigenvalue weighted by molar-refractivity contribution is -0.131. The second kappa shape index (κ2) is 7.17. The maximum absolute atomic E-state index is 12.3. The summed E-state index contributed by atoms with van der Waals surface area (Å²) >= 11 is 1.40. The Balaban J connectivity index is 1.58. The Kier molecular flexibility index (Phi) is 5.00. The molecule has 1 aliphatic heterocycles. The number of nitrogens with zero attached hydrogens (tertiary/aromatic N) is 3. The maximum Gasteiger partial charge on any atom is 0.233 e. The number of likely N-dealkylation sites (tertiary alicyclic amines) is 1. The molecule has 0 aliphatic carbocycles. The van der Waals surface area contributed by atoms with Crippen LogP contribution < -0.4 is 0 Å². The minimum Gasteiger partial charge on any atom is -0.339 e. The Morgan fingerprint density at radius 1 is 1.35 bits per heavy atom. The van der Waals surface area contributed by atoms with Crippen molar-refractivity contribution in [2.45, 2.75) is 44.3 Å². The van der Waals surface area contributed by atoms with E-state index < -0.39 is 0 Å². The number of aromatic amines is 1. The van der Waals surface area contributed by atoms with Gasteiger partial charge in [-0.1, -0.05) is 41.6 Å². The number of hydrogen-bond donors (Lipinski definition) is 1. The average Bonchev–Trinajstić information content (AvgIpc) is 3.03. The number of carbonyl (C=O) groups is 1. The molecule has 6 heteroatoms. The summed E-state index contributed by atoms with van der Waals surface area (Å²) in [6.07, 6.45) is 3.44. The number of carbonyl (C=O) groups excluding carboxylic acids is 1. The fraction of sp³-hybridized carbons (Fsp3) is 0.471. The van der Waals surface area contributed by atoms with Gasteiger partial charge in [-0.05, 0) is 33.1 Å². The molecule has 23 heavy (non-hydrogen) atoms. The first-order valence-electron chi connectivity index (χ1n) is 8.05. The average molecular weight is 330 g/mol. The van der Waals surface area contributed by atoms with Crippen LogP contribution in [0.15, 0.2) is 29.4 Å². The van der Waals surface area contributed by atoms with E-state index in [9.17, 15) is 4.79 Å². The highest BCUT2D eigenvalue weighted by molar-refractivity contribution is 7.99. The monoisotopic (exact) mass is 330 g/mol. The van der Waals surface area contributed by atoms with Gasteiger partial charge in [0.25, 0.3) is 0 Å². The zero-order valence-corrected chi connectivity index (χ0v) is 14.4. The van der Waals surface area contributed by atoms with Gasteiger partial charge in [0.2, 0.25) is 11.1 Å². The fourth-order valence-electron chi connectivity index (χ4n) is 2.83. The van der Waals surface area contributed by atoms with Gasteiger partial charge in [-0.25, -0.2) is 4.98 Å². The molecule has 1 amide bonds. The van der Waals surface area contributed by atoms with Crippen molar-refractivity contribution in [1.82, 2.24) is 20.1 Å². The molecule has 0 radical (unpaired) electrons. The number of nitrogens with one attached hydrogen (secondary N) is 1. The van der Waals surface area contributed by atoms with Crippen LogP contribution in [0.1, 0.15) is 31.7 Å². The van der Waals surface area contributed by atoms with Crippen LogP contribution in [0.3, 0.4) is 0 Å². The van der Waals surface area contributed by atoms with Crippen molar-refractivity contribution in [2.24, 2.45) is 0 Å². The molecular weight excluding hydrogens is 308 g/mol. The Morgan fingerprint density at radius 2 is 2.13 bits per heavy atom. The van der Waals surface area contributed by atoms with E-state index in [1.807, 2.05) is 29.2 Å². The molecule has 0 saturated carbocycles. The number of rotatable bonds is 4. The number of hydrogen-bond acceptors (Lipinski definition) is 4. The summed E-state index contributed by atoms with van der Waals surface area (Å²) in [4.78, 5) is 18.8. The van der Waals surface area contributed by atoms with E-state index in [1.54, 1.807) is 0 Å². The zero-order valence-electron chi connectivity index (χ0n) is 13.6. The van der Waals surface area contributed by atoms with Crippen LogP contribution in [0.5, 0.6) is 0 Å². The van der Waals surface area contributed by atoms with Gasteiger partial charge >= 0.3 is 0 Å². The molecule has 122 valence electrons. The SMILES string of the molecule is Cc1ccc(-c2nc(SCC(=O)N3CCCCC3C)n[nH]2)cc1. The van der Waals surface area contributed by atoms with Crippen LogP contribution >= 0.6 is 11.8 Å². The van der Waals surface area contributed by atoms with Crippen molar-refractivity contribution in [3.05, 3.63) is 29.8 Å². The highest BCUT2D eigenvalue weighted by atomic mass is 32.2. The van der Waals surface area contributed by atoms with Gasteiger partial charge in [0.1, 0.15) is 0 Å². The summed E-state index contributed by atoms with van der Waals surface area (Å²) in [5.41, 5.74) is 2.22. The molecule has 1 aliphatic rings. The number of piperidine rings is 1. The Morgan fingerprint density at radius 3 is 2.87 bits per heavy atom. The molecule has 1 atom stereocenters. The summed E-state index contributed by atoms with van der Waals surface area (Å²) in [6.45, 7) is 5.06. The van der Waals surface area contributed by atoms with Crippen molar-refractivity contribution >= 4 is 17.7 Å². The molecular formula is C17H22N4OS. The minimum atomic E-state index is 0.184. The quantitative estimate of drug-likeness (QED) is 0.874. The van der Waals surface area contributed by atoms with Gasteiger partial charge in [-0.3, -0.25) is 9.89 Å². The maximum atomic E-state index is 12.3. The van der Waals surface area contributed by atoms with Crippen LogP contribution in [0, 0.1) is 6.92 Å². The van der Waals surface area contributed by atoms with Crippen LogP contribution in [-0.4, -0.2) is 44.3 Å². The lowest BCUT2D eigenvalue weighted by Crippen LogP contribution is -2.42. The molecule has 2 heterocycles. The van der Waals surface area contributed by atoms with Crippen LogP contribution in [0.2, 0.25) is 0 Å². The Hall–Kier alpha value is -1.82. The van der Waals surface area contributed by atoms with Crippen molar-refractivity contribution in [3.8, 4) is 11.4 Å². The standard InChI is InChI=1S/C17H22N4OS/c1-12-6-8-14(9-7-12)16-18-17(20-19-16)23-11-15(22)21-10-4-3-5-13(21)2/h6-9,13H,3-5,10-11H2,1-2H3,(H,18,19,20). The third-order valence-corrected chi connectivity index (χ3v) is 5.07. The molecule has 1 N–H and O–H groups in total. The van der Waals surface area contributed by atoms with Gasteiger partial charge in [-0.15, -0.1) is 5.10 Å². The van der Waals surface area contributed by atoms with Crippen molar-refractivity contribution in [3.63, 3.8) is 0 Å². The molecule has 1 saturated heterocycles. The molecule has 1 fully saturated rings. The van der Waals surface area contributed by atoms with Gasteiger partial charge in [0, 0.05) is 18.2 Å². The second-order valence-corrected chi connectivity index (χ2v) is 7.00. The molecule has 2 aromatic rings. The predicted octanol–water partition coefficient (Wildman–Crippen LogP) is 3.27. The van der Waals surface area contributed by atoms with Crippen LogP contribution in [0.25, 0.3) is 11.4 Å². The van der Waals surface area contributed by atoms with Crippen LogP contribution in [0.4, 0.5) is 0 Å². The Labute approximate surface area is 140 Å². The van der Waals surface area contributed by atoms with Gasteiger partial charge in [0.05, 0.1) is 5.75 Å². The first-order chi connectivity index (χ1) is 11.1. The number of benzene rings is 1. The fourth-order valence-corrected chi connectivity index (χ4v) is 3.51. The lowest BCUT2D eigenvalue weighted by Gasteiger charge is -2.33. The van der Waals surface area contributed by atoms with E-state index in [0.717, 1.165) is 30.8 Å². The second-order valence-electron chi connectivity index (χ2n) is 6.05. The summed E-state index contributed by atoms with van der Waals surface area (Å²) < 4.78 is 0. The largest absolute Gasteiger partial charge is 0.339 e.